The fourth-order valence-electron chi connectivity index (χ4n) is 4.32. The molecule has 0 bridgehead atoms. The standard InChI is InChI=1S/C26H32FN3O4/c1-4-29(5-2)26(33)23(28-24(31)19-9-11-22(34-3)12-10-19)18-13-15-30(16-14-18)25(32)20-7-6-8-21(27)17-20/h6-12,17-18,23H,4-5,13-16H2,1-3H3,(H,28,31)/t23-/m0/s1. The van der Waals surface area contributed by atoms with Crippen LogP contribution in [0.1, 0.15) is 47.4 Å². The van der Waals surface area contributed by atoms with E-state index in [0.29, 0.717) is 55.9 Å². The van der Waals surface area contributed by atoms with Gasteiger partial charge < -0.3 is 19.9 Å². The maximum Gasteiger partial charge on any atom is 0.253 e. The van der Waals surface area contributed by atoms with Crippen molar-refractivity contribution in [3.8, 4) is 5.75 Å². The molecule has 0 spiro atoms. The van der Waals surface area contributed by atoms with Gasteiger partial charge in [-0.15, -0.1) is 0 Å². The molecule has 2 aromatic rings. The number of piperidine rings is 1. The van der Waals surface area contributed by atoms with E-state index < -0.39 is 11.9 Å². The van der Waals surface area contributed by atoms with Crippen LogP contribution in [0.25, 0.3) is 0 Å². The van der Waals surface area contributed by atoms with Gasteiger partial charge in [0, 0.05) is 37.3 Å². The highest BCUT2D eigenvalue weighted by molar-refractivity contribution is 5.98. The maximum absolute atomic E-state index is 13.5. The lowest BCUT2D eigenvalue weighted by molar-refractivity contribution is -0.134. The van der Waals surface area contributed by atoms with Crippen molar-refractivity contribution in [2.24, 2.45) is 5.92 Å². The van der Waals surface area contributed by atoms with Gasteiger partial charge in [0.2, 0.25) is 5.91 Å². The van der Waals surface area contributed by atoms with Crippen molar-refractivity contribution < 1.29 is 23.5 Å². The number of amides is 3. The summed E-state index contributed by atoms with van der Waals surface area (Å²) in [5, 5.41) is 2.95. The van der Waals surface area contributed by atoms with Crippen molar-refractivity contribution in [3.05, 3.63) is 65.5 Å². The van der Waals surface area contributed by atoms with Gasteiger partial charge >= 0.3 is 0 Å². The van der Waals surface area contributed by atoms with Gasteiger partial charge in [0.05, 0.1) is 7.11 Å². The molecule has 1 fully saturated rings. The van der Waals surface area contributed by atoms with Crippen LogP contribution in [-0.4, -0.2) is 66.9 Å². The number of likely N-dealkylation sites (N-methyl/N-ethyl adjacent to an activating group) is 1. The van der Waals surface area contributed by atoms with Gasteiger partial charge in [0.1, 0.15) is 17.6 Å². The van der Waals surface area contributed by atoms with E-state index in [2.05, 4.69) is 5.32 Å². The second-order valence-corrected chi connectivity index (χ2v) is 8.33. The third kappa shape index (κ3) is 5.92. The van der Waals surface area contributed by atoms with E-state index in [9.17, 15) is 18.8 Å². The number of rotatable bonds is 8. The molecular weight excluding hydrogens is 437 g/mol. The van der Waals surface area contributed by atoms with Gasteiger partial charge in [-0.1, -0.05) is 6.07 Å². The lowest BCUT2D eigenvalue weighted by Gasteiger charge is -2.37. The quantitative estimate of drug-likeness (QED) is 0.643. The Kier molecular flexibility index (Phi) is 8.62. The first-order chi connectivity index (χ1) is 16.4. The summed E-state index contributed by atoms with van der Waals surface area (Å²) in [4.78, 5) is 42.5. The Morgan fingerprint density at radius 1 is 1.06 bits per heavy atom. The number of carbonyl (C=O) groups is 3. The molecule has 0 saturated carbocycles. The second kappa shape index (κ2) is 11.6. The molecule has 182 valence electrons. The number of hydrogen-bond acceptors (Lipinski definition) is 4. The fraction of sp³-hybridized carbons (Fsp3) is 0.423. The zero-order valence-corrected chi connectivity index (χ0v) is 19.9. The first-order valence-electron chi connectivity index (χ1n) is 11.7. The Morgan fingerprint density at radius 3 is 2.26 bits per heavy atom. The molecule has 1 saturated heterocycles. The highest BCUT2D eigenvalue weighted by atomic mass is 19.1. The number of benzene rings is 2. The van der Waals surface area contributed by atoms with E-state index in [1.165, 1.54) is 18.2 Å². The molecule has 1 aliphatic heterocycles. The molecular formula is C26H32FN3O4. The summed E-state index contributed by atoms with van der Waals surface area (Å²) in [5.41, 5.74) is 0.749. The molecule has 34 heavy (non-hydrogen) atoms. The smallest absolute Gasteiger partial charge is 0.253 e. The van der Waals surface area contributed by atoms with E-state index >= 15 is 0 Å². The van der Waals surface area contributed by atoms with Crippen molar-refractivity contribution in [2.45, 2.75) is 32.7 Å². The molecule has 0 unspecified atom stereocenters. The van der Waals surface area contributed by atoms with Crippen LogP contribution in [0.5, 0.6) is 5.75 Å². The summed E-state index contributed by atoms with van der Waals surface area (Å²) in [6, 6.07) is 11.7. The maximum atomic E-state index is 13.5. The third-order valence-corrected chi connectivity index (χ3v) is 6.35. The lowest BCUT2D eigenvalue weighted by atomic mass is 9.87. The summed E-state index contributed by atoms with van der Waals surface area (Å²) in [7, 11) is 1.55. The van der Waals surface area contributed by atoms with Gasteiger partial charge in [-0.3, -0.25) is 14.4 Å². The Balaban J connectivity index is 1.72. The minimum Gasteiger partial charge on any atom is -0.497 e. The normalized spacial score (nSPS) is 14.9. The Hall–Kier alpha value is -3.42. The monoisotopic (exact) mass is 469 g/mol. The highest BCUT2D eigenvalue weighted by Crippen LogP contribution is 2.24. The molecule has 8 heteroatoms. The van der Waals surface area contributed by atoms with Crippen molar-refractivity contribution in [2.75, 3.05) is 33.3 Å². The molecule has 1 heterocycles. The highest BCUT2D eigenvalue weighted by Gasteiger charge is 2.35. The summed E-state index contributed by atoms with van der Waals surface area (Å²) < 4.78 is 18.7. The number of ether oxygens (including phenoxy) is 1. The summed E-state index contributed by atoms with van der Waals surface area (Å²) >= 11 is 0. The molecule has 1 N–H and O–H groups in total. The Bertz CT molecular complexity index is 999. The molecule has 2 aromatic carbocycles. The molecule has 3 amide bonds. The van der Waals surface area contributed by atoms with Crippen LogP contribution in [0.3, 0.4) is 0 Å². The topological polar surface area (TPSA) is 79.0 Å². The molecule has 0 aromatic heterocycles. The Labute approximate surface area is 199 Å². The fourth-order valence-corrected chi connectivity index (χ4v) is 4.32. The van der Waals surface area contributed by atoms with Crippen LogP contribution in [-0.2, 0) is 4.79 Å². The van der Waals surface area contributed by atoms with E-state index in [-0.39, 0.29) is 23.6 Å². The number of halogens is 1. The number of hydrogen-bond donors (Lipinski definition) is 1. The zero-order chi connectivity index (χ0) is 24.7. The number of carbonyl (C=O) groups excluding carboxylic acids is 3. The minimum atomic E-state index is -0.694. The summed E-state index contributed by atoms with van der Waals surface area (Å²) in [6.07, 6.45) is 1.11. The average Bonchev–Trinajstić information content (AvgIpc) is 2.87. The third-order valence-electron chi connectivity index (χ3n) is 6.35. The first kappa shape index (κ1) is 25.2. The number of nitrogens with zero attached hydrogens (tertiary/aromatic N) is 2. The van der Waals surface area contributed by atoms with E-state index in [1.54, 1.807) is 47.2 Å². The average molecular weight is 470 g/mol. The van der Waals surface area contributed by atoms with Crippen molar-refractivity contribution in [3.63, 3.8) is 0 Å². The molecule has 0 radical (unpaired) electrons. The van der Waals surface area contributed by atoms with Crippen LogP contribution >= 0.6 is 0 Å². The Morgan fingerprint density at radius 2 is 1.71 bits per heavy atom. The van der Waals surface area contributed by atoms with Crippen LogP contribution < -0.4 is 10.1 Å². The first-order valence-corrected chi connectivity index (χ1v) is 11.7. The number of likely N-dealkylation sites (tertiary alicyclic amines) is 1. The number of nitrogens with one attached hydrogen (secondary N) is 1. The van der Waals surface area contributed by atoms with Gasteiger partial charge in [-0.2, -0.15) is 0 Å². The van der Waals surface area contributed by atoms with Crippen LogP contribution in [0.4, 0.5) is 4.39 Å². The van der Waals surface area contributed by atoms with Gasteiger partial charge in [0.15, 0.2) is 0 Å². The predicted molar refractivity (Wildman–Crippen MR) is 127 cm³/mol. The summed E-state index contributed by atoms with van der Waals surface area (Å²) in [6.45, 7) is 5.76. The molecule has 1 aliphatic rings. The van der Waals surface area contributed by atoms with Gasteiger partial charge in [-0.25, -0.2) is 4.39 Å². The largest absolute Gasteiger partial charge is 0.497 e. The van der Waals surface area contributed by atoms with E-state index in [4.69, 9.17) is 4.74 Å². The van der Waals surface area contributed by atoms with Crippen LogP contribution in [0.2, 0.25) is 0 Å². The zero-order valence-electron chi connectivity index (χ0n) is 19.9. The SMILES string of the molecule is CCN(CC)C(=O)[C@@H](NC(=O)c1ccc(OC)cc1)C1CCN(C(=O)c2cccc(F)c2)CC1. The van der Waals surface area contributed by atoms with E-state index in [0.717, 1.165) is 0 Å². The van der Waals surface area contributed by atoms with Crippen molar-refractivity contribution in [1.82, 2.24) is 15.1 Å². The van der Waals surface area contributed by atoms with Gasteiger partial charge in [-0.05, 0) is 75.1 Å². The second-order valence-electron chi connectivity index (χ2n) is 8.33. The minimum absolute atomic E-state index is 0.119. The predicted octanol–water partition coefficient (Wildman–Crippen LogP) is 3.35. The molecule has 3 rings (SSSR count). The van der Waals surface area contributed by atoms with Gasteiger partial charge in [0.25, 0.3) is 11.8 Å². The molecule has 0 aliphatic carbocycles. The number of methoxy groups -OCH3 is 1. The van der Waals surface area contributed by atoms with E-state index in [1.807, 2.05) is 13.8 Å². The molecule has 1 atom stereocenters. The van der Waals surface area contributed by atoms with Crippen molar-refractivity contribution in [1.29, 1.82) is 0 Å². The van der Waals surface area contributed by atoms with Crippen LogP contribution in [0.15, 0.2) is 48.5 Å². The van der Waals surface area contributed by atoms with Crippen LogP contribution in [0, 0.1) is 11.7 Å². The lowest BCUT2D eigenvalue weighted by Crippen LogP contribution is -2.54. The van der Waals surface area contributed by atoms with Crippen molar-refractivity contribution >= 4 is 17.7 Å². The summed E-state index contributed by atoms with van der Waals surface area (Å²) in [5.74, 6) is -0.610. The molecule has 7 nitrogen and oxygen atoms in total.